The highest BCUT2D eigenvalue weighted by Gasteiger charge is 2.51. The average Bonchev–Trinajstić information content (AvgIpc) is 3.18. The molecule has 6 rings (SSSR count). The van der Waals surface area contributed by atoms with Crippen LogP contribution in [0.2, 0.25) is 0 Å². The third-order valence-corrected chi connectivity index (χ3v) is 11.3. The van der Waals surface area contributed by atoms with Crippen LogP contribution in [0.1, 0.15) is 63.9 Å². The zero-order valence-electron chi connectivity index (χ0n) is 30.9. The van der Waals surface area contributed by atoms with E-state index in [9.17, 15) is 45.3 Å². The number of hydrogen-bond acceptors (Lipinski definition) is 14. The molecule has 3 saturated heterocycles. The van der Waals surface area contributed by atoms with Gasteiger partial charge in [0.05, 0.1) is 31.3 Å². The molecule has 1 saturated carbocycles. The second-order valence-corrected chi connectivity index (χ2v) is 15.2. The van der Waals surface area contributed by atoms with Crippen LogP contribution in [0, 0.1) is 5.92 Å². The Hall–Kier alpha value is -2.84. The summed E-state index contributed by atoms with van der Waals surface area (Å²) in [6, 6.07) is 13.7. The molecule has 3 unspecified atom stereocenters. The van der Waals surface area contributed by atoms with E-state index >= 15 is 0 Å². The summed E-state index contributed by atoms with van der Waals surface area (Å²) >= 11 is 0. The monoisotopic (exact) mass is 777 g/mol. The summed E-state index contributed by atoms with van der Waals surface area (Å²) in [7, 11) is 0. The summed E-state index contributed by atoms with van der Waals surface area (Å²) in [6.45, 7) is 1.07. The fourth-order valence-corrected chi connectivity index (χ4v) is 8.04. The third-order valence-electron chi connectivity index (χ3n) is 11.3. The van der Waals surface area contributed by atoms with Crippen LogP contribution in [-0.4, -0.2) is 147 Å². The molecule has 0 aromatic heterocycles. The molecule has 1 amide bonds. The summed E-state index contributed by atoms with van der Waals surface area (Å²) in [4.78, 5) is 25.7. The molecular weight excluding hydrogens is 722 g/mol. The molecule has 0 spiro atoms. The maximum absolute atomic E-state index is 13.4. The molecule has 16 nitrogen and oxygen atoms in total. The van der Waals surface area contributed by atoms with Gasteiger partial charge in [0.2, 0.25) is 5.91 Å². The predicted octanol–water partition coefficient (Wildman–Crippen LogP) is 0.481. The number of fused-ring (bicyclic) bond motifs is 1. The van der Waals surface area contributed by atoms with Crippen molar-refractivity contribution in [2.45, 2.75) is 151 Å². The van der Waals surface area contributed by atoms with Gasteiger partial charge in [-0.3, -0.25) is 4.79 Å². The Labute approximate surface area is 319 Å². The number of carboxylic acids is 1. The van der Waals surface area contributed by atoms with Gasteiger partial charge in [-0.25, -0.2) is 4.79 Å². The van der Waals surface area contributed by atoms with Gasteiger partial charge in [0, 0.05) is 13.2 Å². The molecule has 2 aromatic rings. The quantitative estimate of drug-likeness (QED) is 0.130. The maximum Gasteiger partial charge on any atom is 0.332 e. The number of aliphatic carboxylic acids is 1. The van der Waals surface area contributed by atoms with Gasteiger partial charge < -0.3 is 69.5 Å². The van der Waals surface area contributed by atoms with Gasteiger partial charge in [-0.05, 0) is 48.1 Å². The Morgan fingerprint density at radius 3 is 2.27 bits per heavy atom. The molecule has 16 heteroatoms. The fraction of sp³-hybridized carbons (Fsp3) is 0.692. The van der Waals surface area contributed by atoms with Crippen LogP contribution in [0.3, 0.4) is 0 Å². The lowest BCUT2D eigenvalue weighted by Gasteiger charge is -2.47. The smallest absolute Gasteiger partial charge is 0.332 e. The zero-order chi connectivity index (χ0) is 39.2. The number of carbonyl (C=O) groups excluding carboxylic acids is 1. The molecular formula is C39H55NO15. The van der Waals surface area contributed by atoms with Crippen molar-refractivity contribution in [2.75, 3.05) is 13.2 Å². The second kappa shape index (κ2) is 19.1. The first-order chi connectivity index (χ1) is 26.4. The first-order valence-corrected chi connectivity index (χ1v) is 19.3. The fourth-order valence-electron chi connectivity index (χ4n) is 8.04. The Balaban J connectivity index is 1.18. The molecule has 4 fully saturated rings. The van der Waals surface area contributed by atoms with Gasteiger partial charge in [-0.2, -0.15) is 0 Å². The topological polar surface area (TPSA) is 243 Å². The van der Waals surface area contributed by atoms with Crippen LogP contribution < -0.4 is 5.32 Å². The van der Waals surface area contributed by atoms with Gasteiger partial charge in [-0.1, -0.05) is 68.5 Å². The van der Waals surface area contributed by atoms with E-state index in [1.165, 1.54) is 6.92 Å². The molecule has 3 heterocycles. The van der Waals surface area contributed by atoms with E-state index in [0.29, 0.717) is 0 Å². The number of amides is 1. The Morgan fingerprint density at radius 2 is 1.55 bits per heavy atom. The van der Waals surface area contributed by atoms with Crippen molar-refractivity contribution in [3.8, 4) is 0 Å². The van der Waals surface area contributed by atoms with Gasteiger partial charge >= 0.3 is 5.97 Å². The number of aliphatic hydroxyl groups is 6. The minimum absolute atomic E-state index is 0.0657. The molecule has 14 atom stereocenters. The van der Waals surface area contributed by atoms with Gasteiger partial charge in [0.25, 0.3) is 0 Å². The van der Waals surface area contributed by atoms with Crippen molar-refractivity contribution in [3.05, 3.63) is 48.0 Å². The minimum atomic E-state index is -1.73. The van der Waals surface area contributed by atoms with E-state index in [0.717, 1.165) is 48.4 Å². The number of nitrogens with one attached hydrogen (secondary N) is 1. The molecule has 0 radical (unpaired) electrons. The molecule has 8 N–H and O–H groups in total. The van der Waals surface area contributed by atoms with Crippen LogP contribution in [-0.2, 0) is 44.6 Å². The highest BCUT2D eigenvalue weighted by atomic mass is 16.7. The Kier molecular flexibility index (Phi) is 14.5. The van der Waals surface area contributed by atoms with Crippen LogP contribution in [0.5, 0.6) is 0 Å². The van der Waals surface area contributed by atoms with Crippen molar-refractivity contribution in [3.63, 3.8) is 0 Å². The highest BCUT2D eigenvalue weighted by Crippen LogP contribution is 2.34. The van der Waals surface area contributed by atoms with Gasteiger partial charge in [0.1, 0.15) is 48.8 Å². The molecule has 306 valence electrons. The van der Waals surface area contributed by atoms with E-state index in [4.69, 9.17) is 28.4 Å². The van der Waals surface area contributed by atoms with Crippen molar-refractivity contribution in [1.82, 2.24) is 5.32 Å². The van der Waals surface area contributed by atoms with Gasteiger partial charge in [0.15, 0.2) is 18.7 Å². The number of ether oxygens (including phenoxy) is 6. The highest BCUT2D eigenvalue weighted by molar-refractivity contribution is 5.83. The molecule has 2 aromatic carbocycles. The van der Waals surface area contributed by atoms with Crippen LogP contribution in [0.4, 0.5) is 0 Å². The largest absolute Gasteiger partial charge is 0.479 e. The van der Waals surface area contributed by atoms with Crippen LogP contribution >= 0.6 is 0 Å². The van der Waals surface area contributed by atoms with E-state index in [2.05, 4.69) is 5.32 Å². The van der Waals surface area contributed by atoms with Crippen molar-refractivity contribution < 1.29 is 73.8 Å². The number of carboxylic acid groups (broad SMARTS) is 1. The lowest BCUT2D eigenvalue weighted by Crippen LogP contribution is -2.63. The molecule has 0 bridgehead atoms. The standard InChI is InChI=1S/C39H55NO15/c1-20-30(43)32(45)33(46)38(51-20)55-35-25(13-14-50-26(35)17-29(42)40-18-22-11-12-23-9-5-6-10-24(23)15-22)53-39-34(47)36(31(44)28(19-41)54-39)52-27(37(48)49)16-21-7-3-2-4-8-21/h5-6,9-12,15,20-21,25-28,30-36,38-39,41,43-47H,2-4,7-8,13-14,16-19H2,1H3,(H,40,42)(H,48,49)/t20-,25+,26+,27?,28+,30+,31-,32+,33-,34+,35?,36-,38?,39+/m0/s1. The van der Waals surface area contributed by atoms with Gasteiger partial charge in [-0.15, -0.1) is 0 Å². The van der Waals surface area contributed by atoms with E-state index in [-0.39, 0.29) is 38.3 Å². The number of hydrogen-bond donors (Lipinski definition) is 8. The van der Waals surface area contributed by atoms with Crippen molar-refractivity contribution in [1.29, 1.82) is 0 Å². The first kappa shape index (κ1) is 41.8. The predicted molar refractivity (Wildman–Crippen MR) is 192 cm³/mol. The summed E-state index contributed by atoms with van der Waals surface area (Å²) in [6.07, 6.45) is -14.7. The maximum atomic E-state index is 13.4. The zero-order valence-corrected chi connectivity index (χ0v) is 30.9. The molecule has 3 aliphatic heterocycles. The summed E-state index contributed by atoms with van der Waals surface area (Å²) in [5.74, 6) is -1.54. The van der Waals surface area contributed by atoms with Crippen molar-refractivity contribution in [2.24, 2.45) is 5.92 Å². The normalized spacial score (nSPS) is 36.7. The second-order valence-electron chi connectivity index (χ2n) is 15.2. The summed E-state index contributed by atoms with van der Waals surface area (Å²) < 4.78 is 35.9. The minimum Gasteiger partial charge on any atom is -0.479 e. The van der Waals surface area contributed by atoms with Crippen LogP contribution in [0.25, 0.3) is 10.8 Å². The number of carbonyl (C=O) groups is 2. The number of benzene rings is 2. The van der Waals surface area contributed by atoms with Crippen molar-refractivity contribution >= 4 is 22.6 Å². The SMILES string of the molecule is C[C@@H]1OC(OC2[C@@H](CC(=O)NCc3ccc4ccccc4c3)OCC[C@H]2O[C@@H]2O[C@H](CO)[C@H](O)[C@H](OC(CC3CCCCC3)C(=O)O)[C@H]2O)[C@@H](O)[C@H](O)[C@@H]1O. The number of aliphatic hydroxyl groups excluding tert-OH is 6. The van der Waals surface area contributed by atoms with E-state index in [1.807, 2.05) is 42.5 Å². The van der Waals surface area contributed by atoms with Crippen LogP contribution in [0.15, 0.2) is 42.5 Å². The Morgan fingerprint density at radius 1 is 0.818 bits per heavy atom. The molecule has 55 heavy (non-hydrogen) atoms. The number of rotatable bonds is 14. The average molecular weight is 778 g/mol. The summed E-state index contributed by atoms with van der Waals surface area (Å²) in [5, 5.41) is 79.3. The first-order valence-electron chi connectivity index (χ1n) is 19.3. The molecule has 4 aliphatic rings. The van der Waals surface area contributed by atoms with E-state index < -0.39 is 104 Å². The molecule has 1 aliphatic carbocycles. The lowest BCUT2D eigenvalue weighted by molar-refractivity contribution is -0.355. The lowest BCUT2D eigenvalue weighted by atomic mass is 9.85. The third kappa shape index (κ3) is 10.2. The van der Waals surface area contributed by atoms with E-state index in [1.54, 1.807) is 0 Å². The summed E-state index contributed by atoms with van der Waals surface area (Å²) in [5.41, 5.74) is 0.871. The Bertz CT molecular complexity index is 1560.